The highest BCUT2D eigenvalue weighted by Crippen LogP contribution is 2.66. The van der Waals surface area contributed by atoms with Crippen molar-refractivity contribution in [1.29, 1.82) is 5.26 Å². The highest BCUT2D eigenvalue weighted by Gasteiger charge is 2.78. The maximum absolute atomic E-state index is 14.7. The van der Waals surface area contributed by atoms with E-state index in [2.05, 4.69) is 4.99 Å². The molecule has 0 aliphatic heterocycles. The molecule has 0 fully saturated rings. The predicted molar refractivity (Wildman–Crippen MR) is 101 cm³/mol. The van der Waals surface area contributed by atoms with Crippen LogP contribution in [-0.2, 0) is 11.5 Å². The Balaban J connectivity index is 1.90. The smallest absolute Gasteiger partial charge is 0.346 e. The Labute approximate surface area is 174 Å². The normalized spacial score (nSPS) is 23.6. The summed E-state index contributed by atoms with van der Waals surface area (Å²) in [5.41, 5.74) is -4.90. The van der Waals surface area contributed by atoms with Gasteiger partial charge >= 0.3 is 11.8 Å². The van der Waals surface area contributed by atoms with Crippen LogP contribution >= 0.6 is 0 Å². The molecule has 4 rings (SSSR count). The molecule has 0 unspecified atom stereocenters. The molecule has 0 spiro atoms. The van der Waals surface area contributed by atoms with Crippen LogP contribution in [0.25, 0.3) is 0 Å². The number of nitrogens with zero attached hydrogens (tertiary/aromatic N) is 2. The van der Waals surface area contributed by atoms with Crippen molar-refractivity contribution in [3.63, 3.8) is 0 Å². The van der Waals surface area contributed by atoms with Gasteiger partial charge in [0.25, 0.3) is 0 Å². The van der Waals surface area contributed by atoms with E-state index in [0.717, 1.165) is 30.7 Å². The van der Waals surface area contributed by atoms with Crippen molar-refractivity contribution in [2.75, 3.05) is 6.54 Å². The van der Waals surface area contributed by atoms with Crippen molar-refractivity contribution >= 4 is 5.71 Å². The first kappa shape index (κ1) is 21.2. The second-order valence-electron chi connectivity index (χ2n) is 7.62. The fourth-order valence-corrected chi connectivity index (χ4v) is 4.08. The largest absolute Gasteiger partial charge is 0.457 e. The Morgan fingerprint density at radius 1 is 1.19 bits per heavy atom. The van der Waals surface area contributed by atoms with E-state index >= 15 is 0 Å². The van der Waals surface area contributed by atoms with Crippen LogP contribution < -0.4 is 4.74 Å². The Hall–Kier alpha value is -2.99. The lowest BCUT2D eigenvalue weighted by atomic mass is 9.94. The molecule has 31 heavy (non-hydrogen) atoms. The average Bonchev–Trinajstić information content (AvgIpc) is 3.07. The van der Waals surface area contributed by atoms with Crippen LogP contribution in [0.3, 0.4) is 0 Å². The summed E-state index contributed by atoms with van der Waals surface area (Å²) < 4.78 is 77.8. The third-order valence-electron chi connectivity index (χ3n) is 5.59. The Morgan fingerprint density at radius 2 is 1.94 bits per heavy atom. The molecule has 0 saturated carbocycles. The van der Waals surface area contributed by atoms with Crippen molar-refractivity contribution in [3.05, 3.63) is 58.4 Å². The van der Waals surface area contributed by atoms with E-state index in [-0.39, 0.29) is 34.9 Å². The lowest BCUT2D eigenvalue weighted by Crippen LogP contribution is -2.48. The second-order valence-corrected chi connectivity index (χ2v) is 7.62. The third-order valence-corrected chi connectivity index (χ3v) is 5.59. The maximum atomic E-state index is 14.7. The minimum absolute atomic E-state index is 0.0230. The first-order valence-electron chi connectivity index (χ1n) is 9.65. The summed E-state index contributed by atoms with van der Waals surface area (Å²) in [5, 5.41) is 19.7. The number of unbranched alkanes of at least 4 members (excludes halogenated alkanes) is 1. The molecule has 162 valence electrons. The van der Waals surface area contributed by atoms with Crippen molar-refractivity contribution in [2.24, 2.45) is 4.99 Å². The van der Waals surface area contributed by atoms with Crippen LogP contribution in [-0.4, -0.2) is 23.3 Å². The Kier molecular flexibility index (Phi) is 4.81. The fraction of sp³-hybridized carbons (Fsp3) is 0.364. The van der Waals surface area contributed by atoms with Crippen LogP contribution in [0.5, 0.6) is 11.5 Å². The zero-order valence-corrected chi connectivity index (χ0v) is 16.4. The Morgan fingerprint density at radius 3 is 2.61 bits per heavy atom. The van der Waals surface area contributed by atoms with E-state index in [0.29, 0.717) is 6.42 Å². The summed E-state index contributed by atoms with van der Waals surface area (Å²) in [6.07, 6.45) is 0.607. The maximum Gasteiger partial charge on any atom is 0.346 e. The lowest BCUT2D eigenvalue weighted by molar-refractivity contribution is -0.282. The van der Waals surface area contributed by atoms with E-state index < -0.39 is 40.8 Å². The van der Waals surface area contributed by atoms with Crippen molar-refractivity contribution in [2.45, 2.75) is 43.6 Å². The second kappa shape index (κ2) is 7.02. The Bertz CT molecular complexity index is 1140. The minimum atomic E-state index is -4.75. The SMILES string of the molecule is CCCCN=C1C[C@@]2(O)c3c(ccc(Oc4cc(F)cc(C#N)c4)c31)C(F)(F)C2(F)F. The first-order chi connectivity index (χ1) is 14.6. The monoisotopic (exact) mass is 436 g/mol. The van der Waals surface area contributed by atoms with Crippen molar-refractivity contribution < 1.29 is 31.8 Å². The summed E-state index contributed by atoms with van der Waals surface area (Å²) >= 11 is 0. The molecule has 2 aromatic rings. The summed E-state index contributed by atoms with van der Waals surface area (Å²) in [7, 11) is 0. The van der Waals surface area contributed by atoms with Gasteiger partial charge in [0.05, 0.1) is 11.6 Å². The molecule has 2 aliphatic carbocycles. The molecule has 0 amide bonds. The van der Waals surface area contributed by atoms with Gasteiger partial charge in [-0.15, -0.1) is 0 Å². The fourth-order valence-electron chi connectivity index (χ4n) is 4.08. The summed E-state index contributed by atoms with van der Waals surface area (Å²) in [4.78, 5) is 4.26. The zero-order valence-electron chi connectivity index (χ0n) is 16.4. The van der Waals surface area contributed by atoms with E-state index in [4.69, 9.17) is 10.00 Å². The number of benzene rings is 2. The number of nitriles is 1. The molecule has 0 heterocycles. The predicted octanol–water partition coefficient (Wildman–Crippen LogP) is 5.41. The molecule has 0 saturated heterocycles. The summed E-state index contributed by atoms with van der Waals surface area (Å²) in [6.45, 7) is 2.16. The van der Waals surface area contributed by atoms with Crippen LogP contribution in [0.15, 0.2) is 35.3 Å². The average molecular weight is 436 g/mol. The number of aliphatic imine (C=N–C) groups is 1. The van der Waals surface area contributed by atoms with Crippen molar-refractivity contribution in [1.82, 2.24) is 0 Å². The molecule has 1 N–H and O–H groups in total. The molecular formula is C22H17F5N2O2. The zero-order chi connectivity index (χ0) is 22.6. The van der Waals surface area contributed by atoms with Crippen LogP contribution in [0.4, 0.5) is 22.0 Å². The van der Waals surface area contributed by atoms with Gasteiger partial charge in [-0.05, 0) is 30.7 Å². The van der Waals surface area contributed by atoms with Crippen molar-refractivity contribution in [3.8, 4) is 17.6 Å². The van der Waals surface area contributed by atoms with Gasteiger partial charge in [-0.25, -0.2) is 4.39 Å². The number of ether oxygens (including phenoxy) is 1. The van der Waals surface area contributed by atoms with Gasteiger partial charge in [0, 0.05) is 41.4 Å². The quantitative estimate of drug-likeness (QED) is 0.504. The van der Waals surface area contributed by atoms with Gasteiger partial charge in [-0.2, -0.15) is 22.8 Å². The van der Waals surface area contributed by atoms with Crippen LogP contribution in [0.1, 0.15) is 48.4 Å². The van der Waals surface area contributed by atoms with Gasteiger partial charge in [-0.1, -0.05) is 13.3 Å². The minimum Gasteiger partial charge on any atom is -0.457 e. The van der Waals surface area contributed by atoms with E-state index in [1.807, 2.05) is 6.92 Å². The van der Waals surface area contributed by atoms with Gasteiger partial charge < -0.3 is 9.84 Å². The number of hydrogen-bond donors (Lipinski definition) is 1. The van der Waals surface area contributed by atoms with E-state index in [9.17, 15) is 27.1 Å². The van der Waals surface area contributed by atoms with Crippen LogP contribution in [0, 0.1) is 17.1 Å². The number of alkyl halides is 4. The number of halogens is 5. The van der Waals surface area contributed by atoms with E-state index in [1.165, 1.54) is 6.07 Å². The molecule has 4 nitrogen and oxygen atoms in total. The number of rotatable bonds is 5. The highest BCUT2D eigenvalue weighted by molar-refractivity contribution is 6.09. The topological polar surface area (TPSA) is 65.6 Å². The molecule has 0 bridgehead atoms. The van der Waals surface area contributed by atoms with Gasteiger partial charge in [0.2, 0.25) is 0 Å². The molecule has 1 atom stereocenters. The van der Waals surface area contributed by atoms with E-state index in [1.54, 1.807) is 6.07 Å². The van der Waals surface area contributed by atoms with Gasteiger partial charge in [0.1, 0.15) is 17.3 Å². The molecule has 9 heteroatoms. The third kappa shape index (κ3) is 2.92. The molecule has 2 aliphatic rings. The molecular weight excluding hydrogens is 419 g/mol. The van der Waals surface area contributed by atoms with Gasteiger partial charge in [-0.3, -0.25) is 4.99 Å². The summed E-state index contributed by atoms with van der Waals surface area (Å²) in [6, 6.07) is 6.78. The summed E-state index contributed by atoms with van der Waals surface area (Å²) in [5.74, 6) is -10.3. The highest BCUT2D eigenvalue weighted by atomic mass is 19.3. The molecule has 0 radical (unpaired) electrons. The van der Waals surface area contributed by atoms with Crippen LogP contribution in [0.2, 0.25) is 0 Å². The molecule has 2 aromatic carbocycles. The number of hydrogen-bond acceptors (Lipinski definition) is 4. The standard InChI is InChI=1S/C22H17F5N2O2/c1-2-3-6-29-16-10-20(30)19-15(21(24,25)22(20,26)27)4-5-17(18(16)19)31-14-8-12(11-28)7-13(23)9-14/h4-5,7-9,30H,2-3,6,10H2,1H3/t20-/m1/s1. The molecule has 0 aromatic heterocycles. The number of aliphatic hydroxyl groups is 1. The first-order valence-corrected chi connectivity index (χ1v) is 9.65. The van der Waals surface area contributed by atoms with Gasteiger partial charge in [0.15, 0.2) is 5.60 Å². The lowest BCUT2D eigenvalue weighted by Gasteiger charge is -2.29.